The molecule has 0 aliphatic heterocycles. The highest BCUT2D eigenvalue weighted by Gasteiger charge is 2.12. The van der Waals surface area contributed by atoms with Crippen molar-refractivity contribution in [3.05, 3.63) is 64.0 Å². The summed E-state index contributed by atoms with van der Waals surface area (Å²) < 4.78 is 7.39. The van der Waals surface area contributed by atoms with E-state index < -0.39 is 5.63 Å². The number of phenolic OH excluding ortho intramolecular Hbond substituents is 1. The van der Waals surface area contributed by atoms with Crippen molar-refractivity contribution in [3.63, 3.8) is 0 Å². The van der Waals surface area contributed by atoms with Crippen molar-refractivity contribution in [2.24, 2.45) is 0 Å². The van der Waals surface area contributed by atoms with Gasteiger partial charge in [-0.15, -0.1) is 11.3 Å². The standard InChI is InChI=1S/C18H13NO3S2/c1-10-14(20)7-6-12-11(8-16(21)22-17(10)12)9-23-18-19-13-4-2-3-5-15(13)24-18/h2-8,20H,9H2,1H3. The number of aromatic hydroxyl groups is 1. The Morgan fingerprint density at radius 2 is 2.08 bits per heavy atom. The zero-order chi connectivity index (χ0) is 16.7. The highest BCUT2D eigenvalue weighted by atomic mass is 32.2. The van der Waals surface area contributed by atoms with Crippen LogP contribution in [0.3, 0.4) is 0 Å². The molecular formula is C18H13NO3S2. The Labute approximate surface area is 145 Å². The second-order valence-electron chi connectivity index (χ2n) is 5.41. The minimum atomic E-state index is -0.406. The quantitative estimate of drug-likeness (QED) is 0.426. The zero-order valence-electron chi connectivity index (χ0n) is 12.8. The van der Waals surface area contributed by atoms with Crippen LogP contribution in [0, 0.1) is 6.92 Å². The largest absolute Gasteiger partial charge is 0.508 e. The maximum Gasteiger partial charge on any atom is 0.336 e. The molecule has 2 heterocycles. The van der Waals surface area contributed by atoms with Gasteiger partial charge in [0.05, 0.1) is 10.2 Å². The summed E-state index contributed by atoms with van der Waals surface area (Å²) in [6.07, 6.45) is 0. The Bertz CT molecular complexity index is 1080. The highest BCUT2D eigenvalue weighted by molar-refractivity contribution is 8.00. The lowest BCUT2D eigenvalue weighted by Crippen LogP contribution is -2.00. The van der Waals surface area contributed by atoms with E-state index in [9.17, 15) is 9.90 Å². The average molecular weight is 355 g/mol. The van der Waals surface area contributed by atoms with E-state index in [0.717, 1.165) is 25.5 Å². The van der Waals surface area contributed by atoms with Gasteiger partial charge in [-0.2, -0.15) is 0 Å². The van der Waals surface area contributed by atoms with Crippen LogP contribution in [0.5, 0.6) is 5.75 Å². The van der Waals surface area contributed by atoms with Gasteiger partial charge in [0, 0.05) is 22.8 Å². The van der Waals surface area contributed by atoms with Gasteiger partial charge in [-0.1, -0.05) is 23.9 Å². The molecule has 0 fully saturated rings. The van der Waals surface area contributed by atoms with Gasteiger partial charge in [0.15, 0.2) is 4.34 Å². The predicted octanol–water partition coefficient (Wildman–Crippen LogP) is 4.71. The number of aromatic nitrogens is 1. The molecule has 0 atom stereocenters. The molecule has 0 saturated heterocycles. The lowest BCUT2D eigenvalue weighted by Gasteiger charge is -2.07. The molecule has 6 heteroatoms. The van der Waals surface area contributed by atoms with Crippen LogP contribution in [0.1, 0.15) is 11.1 Å². The molecule has 4 nitrogen and oxygen atoms in total. The van der Waals surface area contributed by atoms with Crippen molar-refractivity contribution in [1.82, 2.24) is 4.98 Å². The molecule has 24 heavy (non-hydrogen) atoms. The zero-order valence-corrected chi connectivity index (χ0v) is 14.4. The average Bonchev–Trinajstić information content (AvgIpc) is 2.99. The lowest BCUT2D eigenvalue weighted by atomic mass is 10.1. The van der Waals surface area contributed by atoms with E-state index in [-0.39, 0.29) is 5.75 Å². The topological polar surface area (TPSA) is 63.3 Å². The number of aryl methyl sites for hydroxylation is 1. The molecule has 1 N–H and O–H groups in total. The molecule has 2 aromatic heterocycles. The first-order chi connectivity index (χ1) is 11.6. The van der Waals surface area contributed by atoms with Crippen LogP contribution in [0.15, 0.2) is 56.0 Å². The molecular weight excluding hydrogens is 342 g/mol. The van der Waals surface area contributed by atoms with E-state index in [2.05, 4.69) is 11.1 Å². The molecule has 4 rings (SSSR count). The van der Waals surface area contributed by atoms with Gasteiger partial charge in [0.2, 0.25) is 0 Å². The number of para-hydroxylation sites is 1. The third-order valence-electron chi connectivity index (χ3n) is 3.84. The van der Waals surface area contributed by atoms with Crippen LogP contribution in [-0.2, 0) is 5.75 Å². The molecule has 4 aromatic rings. The van der Waals surface area contributed by atoms with E-state index in [0.29, 0.717) is 16.9 Å². The van der Waals surface area contributed by atoms with E-state index in [1.165, 1.54) is 6.07 Å². The minimum absolute atomic E-state index is 0.127. The van der Waals surface area contributed by atoms with Crippen molar-refractivity contribution < 1.29 is 9.52 Å². The number of phenols is 1. The van der Waals surface area contributed by atoms with Crippen LogP contribution in [0.4, 0.5) is 0 Å². The van der Waals surface area contributed by atoms with Gasteiger partial charge in [-0.3, -0.25) is 0 Å². The molecule has 2 aromatic carbocycles. The Morgan fingerprint density at radius 3 is 2.92 bits per heavy atom. The fourth-order valence-corrected chi connectivity index (χ4v) is 4.65. The summed E-state index contributed by atoms with van der Waals surface area (Å²) >= 11 is 3.24. The fraction of sp³-hybridized carbons (Fsp3) is 0.111. The van der Waals surface area contributed by atoms with Crippen molar-refractivity contribution in [2.45, 2.75) is 17.0 Å². The lowest BCUT2D eigenvalue weighted by molar-refractivity contribution is 0.468. The Hall–Kier alpha value is -2.31. The smallest absolute Gasteiger partial charge is 0.336 e. The number of rotatable bonds is 3. The number of fused-ring (bicyclic) bond motifs is 2. The summed E-state index contributed by atoms with van der Waals surface area (Å²) in [5.74, 6) is 0.744. The Morgan fingerprint density at radius 1 is 1.25 bits per heavy atom. The summed E-state index contributed by atoms with van der Waals surface area (Å²) in [5.41, 5.74) is 2.49. The molecule has 0 unspecified atom stereocenters. The van der Waals surface area contributed by atoms with Crippen LogP contribution >= 0.6 is 23.1 Å². The van der Waals surface area contributed by atoms with Crippen molar-refractivity contribution >= 4 is 44.3 Å². The van der Waals surface area contributed by atoms with E-state index in [1.54, 1.807) is 42.2 Å². The van der Waals surface area contributed by atoms with E-state index >= 15 is 0 Å². The van der Waals surface area contributed by atoms with Crippen molar-refractivity contribution in [1.29, 1.82) is 0 Å². The first-order valence-corrected chi connectivity index (χ1v) is 9.16. The van der Waals surface area contributed by atoms with Gasteiger partial charge in [0.1, 0.15) is 11.3 Å². The Kier molecular flexibility index (Phi) is 3.78. The molecule has 0 aliphatic carbocycles. The number of thiazole rings is 1. The van der Waals surface area contributed by atoms with E-state index in [1.807, 2.05) is 18.2 Å². The number of benzene rings is 2. The monoisotopic (exact) mass is 355 g/mol. The summed E-state index contributed by atoms with van der Waals surface area (Å²) in [6.45, 7) is 1.74. The minimum Gasteiger partial charge on any atom is -0.508 e. The third kappa shape index (κ3) is 2.68. The molecule has 0 bridgehead atoms. The van der Waals surface area contributed by atoms with Gasteiger partial charge in [-0.05, 0) is 36.8 Å². The molecule has 120 valence electrons. The highest BCUT2D eigenvalue weighted by Crippen LogP contribution is 2.34. The fourth-order valence-electron chi connectivity index (χ4n) is 2.59. The summed E-state index contributed by atoms with van der Waals surface area (Å²) in [4.78, 5) is 16.5. The van der Waals surface area contributed by atoms with Crippen LogP contribution < -0.4 is 5.63 Å². The second-order valence-corrected chi connectivity index (χ2v) is 7.67. The van der Waals surface area contributed by atoms with Gasteiger partial charge >= 0.3 is 5.63 Å². The normalized spacial score (nSPS) is 11.4. The first-order valence-electron chi connectivity index (χ1n) is 7.35. The van der Waals surface area contributed by atoms with Crippen LogP contribution in [0.2, 0.25) is 0 Å². The summed E-state index contributed by atoms with van der Waals surface area (Å²) in [7, 11) is 0. The summed E-state index contributed by atoms with van der Waals surface area (Å²) in [6, 6.07) is 12.9. The second kappa shape index (κ2) is 5.96. The molecule has 0 radical (unpaired) electrons. The van der Waals surface area contributed by atoms with Crippen molar-refractivity contribution in [2.75, 3.05) is 0 Å². The maximum absolute atomic E-state index is 11.8. The predicted molar refractivity (Wildman–Crippen MR) is 98.1 cm³/mol. The van der Waals surface area contributed by atoms with Gasteiger partial charge in [0.25, 0.3) is 0 Å². The molecule has 0 aliphatic rings. The third-order valence-corrected chi connectivity index (χ3v) is 6.07. The van der Waals surface area contributed by atoms with Gasteiger partial charge < -0.3 is 9.52 Å². The van der Waals surface area contributed by atoms with Crippen molar-refractivity contribution in [3.8, 4) is 5.75 Å². The number of hydrogen-bond donors (Lipinski definition) is 1. The molecule has 0 amide bonds. The Balaban J connectivity index is 1.71. The molecule has 0 saturated carbocycles. The van der Waals surface area contributed by atoms with Crippen LogP contribution in [-0.4, -0.2) is 10.1 Å². The van der Waals surface area contributed by atoms with Crippen LogP contribution in [0.25, 0.3) is 21.2 Å². The van der Waals surface area contributed by atoms with E-state index in [4.69, 9.17) is 4.42 Å². The number of thioether (sulfide) groups is 1. The number of nitrogens with zero attached hydrogens (tertiary/aromatic N) is 1. The SMILES string of the molecule is Cc1c(O)ccc2c(CSc3nc4ccccc4s3)cc(=O)oc12. The molecule has 0 spiro atoms. The van der Waals surface area contributed by atoms with Gasteiger partial charge in [-0.25, -0.2) is 9.78 Å². The first kappa shape index (κ1) is 15.2. The number of hydrogen-bond acceptors (Lipinski definition) is 6. The maximum atomic E-state index is 11.8. The summed E-state index contributed by atoms with van der Waals surface area (Å²) in [5, 5.41) is 10.7.